The maximum Gasteiger partial charge on any atom is 0.253 e. The molecule has 1 unspecified atom stereocenters. The second-order valence-corrected chi connectivity index (χ2v) is 5.93. The Morgan fingerprint density at radius 2 is 1.92 bits per heavy atom. The number of piperidine rings is 1. The molecule has 1 aliphatic heterocycles. The highest BCUT2D eigenvalue weighted by atomic mass is 35.5. The normalized spacial score (nSPS) is 23.5. The highest BCUT2D eigenvalue weighted by molar-refractivity contribution is 5.94. The van der Waals surface area contributed by atoms with Crippen molar-refractivity contribution >= 4 is 30.7 Å². The molecule has 2 aliphatic rings. The molecule has 0 spiro atoms. The van der Waals surface area contributed by atoms with Crippen molar-refractivity contribution in [1.29, 1.82) is 0 Å². The number of hydrogen-bond acceptors (Lipinski definition) is 3. The Kier molecular flexibility index (Phi) is 5.80. The van der Waals surface area contributed by atoms with E-state index < -0.39 is 0 Å². The van der Waals surface area contributed by atoms with Gasteiger partial charge in [0.15, 0.2) is 0 Å². The lowest BCUT2D eigenvalue weighted by Gasteiger charge is -2.08. The summed E-state index contributed by atoms with van der Waals surface area (Å²) in [5.74, 6) is 0.791. The van der Waals surface area contributed by atoms with Gasteiger partial charge in [-0.05, 0) is 36.1 Å². The first-order valence-corrected chi connectivity index (χ1v) is 7.46. The molecule has 4 nitrogen and oxygen atoms in total. The van der Waals surface area contributed by atoms with Gasteiger partial charge in [0.25, 0.3) is 5.91 Å². The zero-order chi connectivity index (χ0) is 15.1. The quantitative estimate of drug-likeness (QED) is 0.874. The summed E-state index contributed by atoms with van der Waals surface area (Å²) in [7, 11) is 0. The number of carbonyl (C=O) groups is 1. The van der Waals surface area contributed by atoms with E-state index >= 15 is 0 Å². The van der Waals surface area contributed by atoms with Crippen LogP contribution in [0.2, 0.25) is 0 Å². The van der Waals surface area contributed by atoms with Crippen LogP contribution in [0.3, 0.4) is 0 Å². The number of rotatable bonds is 3. The summed E-state index contributed by atoms with van der Waals surface area (Å²) < 4.78 is 13.2. The zero-order valence-electron chi connectivity index (χ0n) is 12.7. The number of benzene rings is 1. The van der Waals surface area contributed by atoms with Crippen LogP contribution in [0.15, 0.2) is 42.6 Å². The first-order chi connectivity index (χ1) is 10.7. The molecule has 2 fully saturated rings. The van der Waals surface area contributed by atoms with Crippen molar-refractivity contribution in [1.82, 2.24) is 15.6 Å². The fraction of sp³-hybridized carbons (Fsp3) is 0.294. The minimum atomic E-state index is -0.296. The third kappa shape index (κ3) is 3.53. The van der Waals surface area contributed by atoms with Gasteiger partial charge in [-0.2, -0.15) is 0 Å². The number of nitrogens with one attached hydrogen (secondary N) is 2. The van der Waals surface area contributed by atoms with Crippen LogP contribution in [0.1, 0.15) is 10.4 Å². The Balaban J connectivity index is 0.00000104. The molecule has 1 aromatic heterocycles. The number of hydrogen-bond donors (Lipinski definition) is 2. The van der Waals surface area contributed by atoms with E-state index in [9.17, 15) is 9.18 Å². The minimum Gasteiger partial charge on any atom is -0.349 e. The van der Waals surface area contributed by atoms with Crippen LogP contribution in [-0.4, -0.2) is 30.0 Å². The number of halogens is 3. The van der Waals surface area contributed by atoms with Crippen molar-refractivity contribution in [3.05, 3.63) is 54.0 Å². The largest absolute Gasteiger partial charge is 0.349 e. The molecule has 2 aromatic rings. The fourth-order valence-electron chi connectivity index (χ4n) is 3.21. The van der Waals surface area contributed by atoms with Crippen LogP contribution in [0.4, 0.5) is 4.39 Å². The molecule has 7 heteroatoms. The molecule has 1 amide bonds. The van der Waals surface area contributed by atoms with Crippen LogP contribution in [-0.2, 0) is 0 Å². The molecule has 0 bridgehead atoms. The topological polar surface area (TPSA) is 54.0 Å². The number of fused-ring (bicyclic) bond motifs is 1. The Morgan fingerprint density at radius 3 is 2.54 bits per heavy atom. The van der Waals surface area contributed by atoms with Crippen LogP contribution < -0.4 is 10.6 Å². The summed E-state index contributed by atoms with van der Waals surface area (Å²) in [4.78, 5) is 16.5. The highest BCUT2D eigenvalue weighted by Crippen LogP contribution is 2.41. The predicted molar refractivity (Wildman–Crippen MR) is 95.2 cm³/mol. The minimum absolute atomic E-state index is 0. The summed E-state index contributed by atoms with van der Waals surface area (Å²) >= 11 is 0. The lowest BCUT2D eigenvalue weighted by molar-refractivity contribution is 0.0946. The Bertz CT molecular complexity index is 716. The molecule has 0 radical (unpaired) electrons. The molecule has 24 heavy (non-hydrogen) atoms. The smallest absolute Gasteiger partial charge is 0.253 e. The summed E-state index contributed by atoms with van der Waals surface area (Å²) in [6.45, 7) is 1.98. The average molecular weight is 370 g/mol. The molecule has 2 heterocycles. The second kappa shape index (κ2) is 7.47. The summed E-state index contributed by atoms with van der Waals surface area (Å²) in [6.07, 6.45) is 1.55. The standard InChI is InChI=1S/C17H16FN3O.2ClH/c18-12-3-1-2-10(6-12)15-5-4-11(7-20-15)17(22)21-16-13-8-19-9-14(13)16;;/h1-7,13-14,16,19H,8-9H2,(H,21,22);2*1H/t13-,14+,16?;;. The number of nitrogens with zero attached hydrogens (tertiary/aromatic N) is 1. The van der Waals surface area contributed by atoms with Crippen molar-refractivity contribution in [2.24, 2.45) is 11.8 Å². The molecule has 2 N–H and O–H groups in total. The summed E-state index contributed by atoms with van der Waals surface area (Å²) in [6, 6.07) is 10.1. The molecule has 3 atom stereocenters. The average Bonchev–Trinajstić information content (AvgIpc) is 2.97. The first kappa shape index (κ1) is 18.6. The number of carbonyl (C=O) groups excluding carboxylic acids is 1. The Morgan fingerprint density at radius 1 is 1.17 bits per heavy atom. The van der Waals surface area contributed by atoms with E-state index in [0.29, 0.717) is 34.7 Å². The zero-order valence-corrected chi connectivity index (χ0v) is 14.4. The highest BCUT2D eigenvalue weighted by Gasteiger charge is 2.53. The maximum atomic E-state index is 13.2. The van der Waals surface area contributed by atoms with Gasteiger partial charge in [-0.1, -0.05) is 12.1 Å². The Labute approximate surface area is 152 Å². The van der Waals surface area contributed by atoms with Crippen LogP contribution >= 0.6 is 24.8 Å². The third-order valence-corrected chi connectivity index (χ3v) is 4.54. The molecule has 1 saturated carbocycles. The van der Waals surface area contributed by atoms with E-state index in [4.69, 9.17) is 0 Å². The van der Waals surface area contributed by atoms with Crippen LogP contribution in [0, 0.1) is 17.7 Å². The fourth-order valence-corrected chi connectivity index (χ4v) is 3.21. The van der Waals surface area contributed by atoms with Gasteiger partial charge in [0.05, 0.1) is 11.3 Å². The van der Waals surface area contributed by atoms with Gasteiger partial charge >= 0.3 is 0 Å². The molecular formula is C17H18Cl2FN3O. The van der Waals surface area contributed by atoms with Gasteiger partial charge in [0.1, 0.15) is 5.82 Å². The lowest BCUT2D eigenvalue weighted by Crippen LogP contribution is -2.32. The van der Waals surface area contributed by atoms with E-state index in [-0.39, 0.29) is 36.5 Å². The van der Waals surface area contributed by atoms with Crippen molar-refractivity contribution in [2.45, 2.75) is 6.04 Å². The van der Waals surface area contributed by atoms with Crippen molar-refractivity contribution in [3.8, 4) is 11.3 Å². The van der Waals surface area contributed by atoms with Gasteiger partial charge in [-0.3, -0.25) is 9.78 Å². The van der Waals surface area contributed by atoms with Gasteiger partial charge in [-0.15, -0.1) is 24.8 Å². The number of amides is 1. The van der Waals surface area contributed by atoms with Crippen molar-refractivity contribution in [3.63, 3.8) is 0 Å². The lowest BCUT2D eigenvalue weighted by atomic mass is 10.1. The molecular weight excluding hydrogens is 352 g/mol. The second-order valence-electron chi connectivity index (χ2n) is 5.93. The number of pyridine rings is 1. The molecule has 128 valence electrons. The van der Waals surface area contributed by atoms with E-state index in [0.717, 1.165) is 13.1 Å². The molecule has 1 aliphatic carbocycles. The van der Waals surface area contributed by atoms with Crippen LogP contribution in [0.5, 0.6) is 0 Å². The van der Waals surface area contributed by atoms with Crippen molar-refractivity contribution < 1.29 is 9.18 Å². The van der Waals surface area contributed by atoms with E-state index in [1.165, 1.54) is 12.1 Å². The Hall–Kier alpha value is -1.69. The summed E-state index contributed by atoms with van der Waals surface area (Å²) in [5, 5.41) is 6.36. The first-order valence-electron chi connectivity index (χ1n) is 7.46. The van der Waals surface area contributed by atoms with Crippen molar-refractivity contribution in [2.75, 3.05) is 13.1 Å². The van der Waals surface area contributed by atoms with Gasteiger partial charge in [-0.25, -0.2) is 4.39 Å². The molecule has 1 saturated heterocycles. The van der Waals surface area contributed by atoms with Gasteiger partial charge in [0, 0.05) is 30.9 Å². The van der Waals surface area contributed by atoms with Gasteiger partial charge in [0.2, 0.25) is 0 Å². The van der Waals surface area contributed by atoms with E-state index in [2.05, 4.69) is 15.6 Å². The van der Waals surface area contributed by atoms with Gasteiger partial charge < -0.3 is 10.6 Å². The molecule has 1 aromatic carbocycles. The van der Waals surface area contributed by atoms with E-state index in [1.807, 2.05) is 0 Å². The predicted octanol–water partition coefficient (Wildman–Crippen LogP) is 2.68. The SMILES string of the molecule is Cl.Cl.O=C(NC1[C@H]2CNC[C@@H]12)c1ccc(-c2cccc(F)c2)nc1. The third-order valence-electron chi connectivity index (χ3n) is 4.54. The van der Waals surface area contributed by atoms with E-state index in [1.54, 1.807) is 30.5 Å². The maximum absolute atomic E-state index is 13.2. The molecule has 4 rings (SSSR count). The summed E-state index contributed by atoms with van der Waals surface area (Å²) in [5.41, 5.74) is 1.90. The monoisotopic (exact) mass is 369 g/mol. The number of aromatic nitrogens is 1. The van der Waals surface area contributed by atoms with Crippen LogP contribution in [0.25, 0.3) is 11.3 Å².